The summed E-state index contributed by atoms with van der Waals surface area (Å²) in [5, 5.41) is 3.72. The van der Waals surface area contributed by atoms with E-state index < -0.39 is 11.6 Å². The van der Waals surface area contributed by atoms with Crippen LogP contribution in [0.25, 0.3) is 0 Å². The predicted octanol–water partition coefficient (Wildman–Crippen LogP) is 2.61. The van der Waals surface area contributed by atoms with Crippen LogP contribution in [0, 0.1) is 18.6 Å². The number of aromatic nitrogens is 2. The Kier molecular flexibility index (Phi) is 2.93. The SMILES string of the molecule is Cc1noc(CN2CCCc3cc(F)c(F)cc32)n1. The lowest BCUT2D eigenvalue weighted by Crippen LogP contribution is -2.29. The molecule has 100 valence electrons. The molecule has 0 spiro atoms. The van der Waals surface area contributed by atoms with Crippen molar-refractivity contribution < 1.29 is 13.3 Å². The molecule has 1 aliphatic rings. The molecule has 19 heavy (non-hydrogen) atoms. The Bertz CT molecular complexity index is 612. The molecule has 0 unspecified atom stereocenters. The summed E-state index contributed by atoms with van der Waals surface area (Å²) >= 11 is 0. The molecule has 6 heteroatoms. The van der Waals surface area contributed by atoms with Crippen LogP contribution in [0.15, 0.2) is 16.7 Å². The molecular weight excluding hydrogens is 252 g/mol. The van der Waals surface area contributed by atoms with Gasteiger partial charge in [-0.15, -0.1) is 0 Å². The Labute approximate surface area is 109 Å². The lowest BCUT2D eigenvalue weighted by Gasteiger charge is -2.30. The lowest BCUT2D eigenvalue weighted by molar-refractivity contribution is 0.371. The number of anilines is 1. The molecular formula is C13H13F2N3O. The number of aryl methyl sites for hydroxylation is 2. The second-order valence-electron chi connectivity index (χ2n) is 4.66. The number of benzene rings is 1. The molecule has 1 aromatic heterocycles. The number of halogens is 2. The van der Waals surface area contributed by atoms with Crippen LogP contribution < -0.4 is 4.90 Å². The Hall–Kier alpha value is -1.98. The minimum absolute atomic E-state index is 0.416. The zero-order chi connectivity index (χ0) is 13.4. The molecule has 1 aromatic carbocycles. The van der Waals surface area contributed by atoms with E-state index in [1.165, 1.54) is 12.1 Å². The molecule has 0 bridgehead atoms. The first-order valence-electron chi connectivity index (χ1n) is 6.15. The number of fused-ring (bicyclic) bond motifs is 1. The molecule has 0 fully saturated rings. The van der Waals surface area contributed by atoms with Crippen molar-refractivity contribution in [1.29, 1.82) is 0 Å². The van der Waals surface area contributed by atoms with Gasteiger partial charge in [-0.3, -0.25) is 0 Å². The Morgan fingerprint density at radius 2 is 2.11 bits per heavy atom. The molecule has 0 N–H and O–H groups in total. The van der Waals surface area contributed by atoms with E-state index in [-0.39, 0.29) is 0 Å². The van der Waals surface area contributed by atoms with E-state index >= 15 is 0 Å². The van der Waals surface area contributed by atoms with Crippen molar-refractivity contribution in [1.82, 2.24) is 10.1 Å². The van der Waals surface area contributed by atoms with Crippen molar-refractivity contribution in [3.8, 4) is 0 Å². The first kappa shape index (κ1) is 12.1. The van der Waals surface area contributed by atoms with Crippen LogP contribution in [-0.2, 0) is 13.0 Å². The number of hydrogen-bond acceptors (Lipinski definition) is 4. The van der Waals surface area contributed by atoms with Crippen LogP contribution in [0.1, 0.15) is 23.7 Å². The van der Waals surface area contributed by atoms with Gasteiger partial charge in [-0.05, 0) is 31.4 Å². The van der Waals surface area contributed by atoms with E-state index in [1.54, 1.807) is 6.92 Å². The van der Waals surface area contributed by atoms with Crippen molar-refractivity contribution in [3.05, 3.63) is 41.0 Å². The van der Waals surface area contributed by atoms with Crippen LogP contribution in [0.4, 0.5) is 14.5 Å². The Morgan fingerprint density at radius 1 is 1.32 bits per heavy atom. The van der Waals surface area contributed by atoms with Crippen LogP contribution >= 0.6 is 0 Å². The van der Waals surface area contributed by atoms with Gasteiger partial charge in [-0.1, -0.05) is 5.16 Å². The van der Waals surface area contributed by atoms with Crippen molar-refractivity contribution >= 4 is 5.69 Å². The first-order valence-corrected chi connectivity index (χ1v) is 6.15. The molecule has 2 aromatic rings. The van der Waals surface area contributed by atoms with Gasteiger partial charge in [0.15, 0.2) is 17.5 Å². The quantitative estimate of drug-likeness (QED) is 0.837. The van der Waals surface area contributed by atoms with E-state index in [0.29, 0.717) is 23.9 Å². The Morgan fingerprint density at radius 3 is 2.84 bits per heavy atom. The fourth-order valence-electron chi connectivity index (χ4n) is 2.38. The molecule has 0 radical (unpaired) electrons. The van der Waals surface area contributed by atoms with Gasteiger partial charge < -0.3 is 9.42 Å². The zero-order valence-corrected chi connectivity index (χ0v) is 10.5. The minimum atomic E-state index is -0.827. The van der Waals surface area contributed by atoms with Crippen LogP contribution in [0.3, 0.4) is 0 Å². The average molecular weight is 265 g/mol. The largest absolute Gasteiger partial charge is 0.362 e. The zero-order valence-electron chi connectivity index (χ0n) is 10.5. The normalized spacial score (nSPS) is 14.6. The van der Waals surface area contributed by atoms with Gasteiger partial charge >= 0.3 is 0 Å². The third-order valence-corrected chi connectivity index (χ3v) is 3.23. The van der Waals surface area contributed by atoms with Gasteiger partial charge in [0.1, 0.15) is 0 Å². The third-order valence-electron chi connectivity index (χ3n) is 3.23. The fourth-order valence-corrected chi connectivity index (χ4v) is 2.38. The van der Waals surface area contributed by atoms with Gasteiger partial charge in [0.25, 0.3) is 0 Å². The monoisotopic (exact) mass is 265 g/mol. The van der Waals surface area contributed by atoms with E-state index in [0.717, 1.165) is 24.9 Å². The Balaban J connectivity index is 1.91. The summed E-state index contributed by atoms with van der Waals surface area (Å²) in [6, 6.07) is 2.52. The molecule has 4 nitrogen and oxygen atoms in total. The molecule has 2 heterocycles. The van der Waals surface area contributed by atoms with E-state index in [1.807, 2.05) is 4.90 Å². The summed E-state index contributed by atoms with van der Waals surface area (Å²) in [7, 11) is 0. The smallest absolute Gasteiger partial charge is 0.246 e. The first-order chi connectivity index (χ1) is 9.13. The molecule has 0 atom stereocenters. The van der Waals surface area contributed by atoms with Gasteiger partial charge in [0.05, 0.1) is 6.54 Å². The highest BCUT2D eigenvalue weighted by Gasteiger charge is 2.21. The van der Waals surface area contributed by atoms with Crippen LogP contribution in [0.2, 0.25) is 0 Å². The molecule has 0 amide bonds. The van der Waals surface area contributed by atoms with Crippen LogP contribution in [-0.4, -0.2) is 16.7 Å². The number of rotatable bonds is 2. The summed E-state index contributed by atoms with van der Waals surface area (Å²) < 4.78 is 31.7. The van der Waals surface area contributed by atoms with Crippen molar-refractivity contribution in [2.75, 3.05) is 11.4 Å². The summed E-state index contributed by atoms with van der Waals surface area (Å²) in [6.07, 6.45) is 1.65. The molecule has 0 aliphatic carbocycles. The molecule has 1 aliphatic heterocycles. The summed E-state index contributed by atoms with van der Waals surface area (Å²) in [5.74, 6) is -0.575. The second kappa shape index (κ2) is 4.60. The van der Waals surface area contributed by atoms with Crippen molar-refractivity contribution in [3.63, 3.8) is 0 Å². The highest BCUT2D eigenvalue weighted by molar-refractivity contribution is 5.55. The second-order valence-corrected chi connectivity index (χ2v) is 4.66. The minimum Gasteiger partial charge on any atom is -0.362 e. The van der Waals surface area contributed by atoms with Gasteiger partial charge in [-0.2, -0.15) is 4.98 Å². The predicted molar refractivity (Wildman–Crippen MR) is 64.8 cm³/mol. The van der Waals surface area contributed by atoms with Crippen molar-refractivity contribution in [2.24, 2.45) is 0 Å². The van der Waals surface area contributed by atoms with E-state index in [4.69, 9.17) is 4.52 Å². The average Bonchev–Trinajstić information content (AvgIpc) is 2.77. The third kappa shape index (κ3) is 2.30. The summed E-state index contributed by atoms with van der Waals surface area (Å²) in [6.45, 7) is 2.92. The van der Waals surface area contributed by atoms with Gasteiger partial charge in [0.2, 0.25) is 5.89 Å². The summed E-state index contributed by atoms with van der Waals surface area (Å²) in [5.41, 5.74) is 1.53. The highest BCUT2D eigenvalue weighted by Crippen LogP contribution is 2.30. The van der Waals surface area contributed by atoms with E-state index in [2.05, 4.69) is 10.1 Å². The lowest BCUT2D eigenvalue weighted by atomic mass is 10.0. The molecule has 3 rings (SSSR count). The van der Waals surface area contributed by atoms with Crippen LogP contribution in [0.5, 0.6) is 0 Å². The topological polar surface area (TPSA) is 42.2 Å². The highest BCUT2D eigenvalue weighted by atomic mass is 19.2. The van der Waals surface area contributed by atoms with Gasteiger partial charge in [-0.25, -0.2) is 8.78 Å². The summed E-state index contributed by atoms with van der Waals surface area (Å²) in [4.78, 5) is 6.07. The maximum atomic E-state index is 13.4. The number of hydrogen-bond donors (Lipinski definition) is 0. The fraction of sp³-hybridized carbons (Fsp3) is 0.385. The standard InChI is InChI=1S/C13H13F2N3O/c1-8-16-13(19-17-8)7-18-4-2-3-9-5-10(14)11(15)6-12(9)18/h5-6H,2-4,7H2,1H3. The number of nitrogens with zero attached hydrogens (tertiary/aromatic N) is 3. The maximum absolute atomic E-state index is 13.4. The molecule has 0 saturated heterocycles. The maximum Gasteiger partial charge on any atom is 0.246 e. The molecule has 0 saturated carbocycles. The van der Waals surface area contributed by atoms with E-state index in [9.17, 15) is 8.78 Å². The van der Waals surface area contributed by atoms with Gasteiger partial charge in [0, 0.05) is 18.3 Å². The van der Waals surface area contributed by atoms with Crippen molar-refractivity contribution in [2.45, 2.75) is 26.3 Å².